The molecule has 0 spiro atoms. The molecule has 0 aliphatic carbocycles. The van der Waals surface area contributed by atoms with Crippen LogP contribution in [0.25, 0.3) is 0 Å². The quantitative estimate of drug-likeness (QED) is 0.499. The smallest absolute Gasteiger partial charge is 0.253 e. The van der Waals surface area contributed by atoms with Gasteiger partial charge in [-0.15, -0.1) is 0 Å². The Hall–Kier alpha value is -2.82. The fraction of sp³-hybridized carbons (Fsp3) is 0.296. The SMILES string of the molecule is Cc1cccc(CN2CCN(C(=O)c3ccc(COc4cc(C)ccc4Cl)cc3)CC2)c1. The number of halogens is 1. The van der Waals surface area contributed by atoms with Crippen molar-refractivity contribution >= 4 is 17.5 Å². The van der Waals surface area contributed by atoms with Crippen molar-refractivity contribution in [2.24, 2.45) is 0 Å². The summed E-state index contributed by atoms with van der Waals surface area (Å²) in [6.45, 7) is 8.76. The summed E-state index contributed by atoms with van der Waals surface area (Å²) in [7, 11) is 0. The minimum Gasteiger partial charge on any atom is -0.487 e. The molecule has 1 amide bonds. The van der Waals surface area contributed by atoms with Crippen LogP contribution in [0, 0.1) is 13.8 Å². The number of amides is 1. The number of carbonyl (C=O) groups is 1. The number of piperazine rings is 1. The number of rotatable bonds is 6. The van der Waals surface area contributed by atoms with Crippen molar-refractivity contribution in [1.29, 1.82) is 0 Å². The second kappa shape index (κ2) is 10.2. The normalized spacial score (nSPS) is 14.4. The molecule has 1 saturated heterocycles. The molecule has 4 nitrogen and oxygen atoms in total. The highest BCUT2D eigenvalue weighted by Gasteiger charge is 2.22. The second-order valence-electron chi connectivity index (χ2n) is 8.48. The first kappa shape index (κ1) is 22.4. The Morgan fingerprint density at radius 3 is 2.31 bits per heavy atom. The van der Waals surface area contributed by atoms with Gasteiger partial charge >= 0.3 is 0 Å². The summed E-state index contributed by atoms with van der Waals surface area (Å²) < 4.78 is 5.86. The van der Waals surface area contributed by atoms with E-state index in [9.17, 15) is 4.79 Å². The first-order chi connectivity index (χ1) is 15.5. The zero-order valence-corrected chi connectivity index (χ0v) is 19.4. The van der Waals surface area contributed by atoms with Crippen molar-refractivity contribution in [1.82, 2.24) is 9.80 Å². The van der Waals surface area contributed by atoms with E-state index in [1.165, 1.54) is 11.1 Å². The molecule has 5 heteroatoms. The average Bonchev–Trinajstić information content (AvgIpc) is 2.80. The van der Waals surface area contributed by atoms with E-state index in [4.69, 9.17) is 16.3 Å². The lowest BCUT2D eigenvalue weighted by atomic mass is 10.1. The molecule has 4 rings (SSSR count). The highest BCUT2D eigenvalue weighted by atomic mass is 35.5. The number of nitrogens with zero attached hydrogens (tertiary/aromatic N) is 2. The third kappa shape index (κ3) is 5.70. The van der Waals surface area contributed by atoms with Gasteiger partial charge in [-0.05, 0) is 54.8 Å². The average molecular weight is 449 g/mol. The maximum atomic E-state index is 12.9. The van der Waals surface area contributed by atoms with Crippen molar-refractivity contribution in [3.05, 3.63) is 99.6 Å². The van der Waals surface area contributed by atoms with E-state index in [0.717, 1.165) is 49.4 Å². The molecule has 0 bridgehead atoms. The highest BCUT2D eigenvalue weighted by molar-refractivity contribution is 6.32. The number of hydrogen-bond donors (Lipinski definition) is 0. The largest absolute Gasteiger partial charge is 0.487 e. The van der Waals surface area contributed by atoms with Gasteiger partial charge in [-0.25, -0.2) is 0 Å². The molecule has 0 saturated carbocycles. The van der Waals surface area contributed by atoms with E-state index in [-0.39, 0.29) is 5.91 Å². The number of ether oxygens (including phenoxy) is 1. The molecule has 1 fully saturated rings. The fourth-order valence-electron chi connectivity index (χ4n) is 3.99. The Kier molecular flexibility index (Phi) is 7.13. The summed E-state index contributed by atoms with van der Waals surface area (Å²) in [5.74, 6) is 0.768. The predicted molar refractivity (Wildman–Crippen MR) is 129 cm³/mol. The zero-order chi connectivity index (χ0) is 22.5. The lowest BCUT2D eigenvalue weighted by molar-refractivity contribution is 0.0628. The Labute approximate surface area is 195 Å². The van der Waals surface area contributed by atoms with Crippen LogP contribution in [-0.2, 0) is 13.2 Å². The van der Waals surface area contributed by atoms with Crippen LogP contribution in [-0.4, -0.2) is 41.9 Å². The van der Waals surface area contributed by atoms with E-state index in [1.54, 1.807) is 0 Å². The molecule has 3 aromatic carbocycles. The lowest BCUT2D eigenvalue weighted by Gasteiger charge is -2.34. The van der Waals surface area contributed by atoms with Crippen molar-refractivity contribution < 1.29 is 9.53 Å². The fourth-order valence-corrected chi connectivity index (χ4v) is 4.16. The van der Waals surface area contributed by atoms with Crippen LogP contribution in [0.15, 0.2) is 66.7 Å². The maximum absolute atomic E-state index is 12.9. The maximum Gasteiger partial charge on any atom is 0.253 e. The molecule has 166 valence electrons. The van der Waals surface area contributed by atoms with E-state index in [2.05, 4.69) is 36.1 Å². The molecule has 0 unspecified atom stereocenters. The summed E-state index contributed by atoms with van der Waals surface area (Å²) >= 11 is 6.20. The summed E-state index contributed by atoms with van der Waals surface area (Å²) in [5, 5.41) is 0.601. The van der Waals surface area contributed by atoms with Gasteiger partial charge in [-0.3, -0.25) is 9.69 Å². The van der Waals surface area contributed by atoms with Crippen molar-refractivity contribution in [2.75, 3.05) is 26.2 Å². The number of benzene rings is 3. The van der Waals surface area contributed by atoms with Crippen LogP contribution in [0.1, 0.15) is 32.6 Å². The van der Waals surface area contributed by atoms with Crippen LogP contribution < -0.4 is 4.74 Å². The number of hydrogen-bond acceptors (Lipinski definition) is 3. The summed E-state index contributed by atoms with van der Waals surface area (Å²) in [6.07, 6.45) is 0. The second-order valence-corrected chi connectivity index (χ2v) is 8.88. The van der Waals surface area contributed by atoms with Gasteiger partial charge in [0.05, 0.1) is 5.02 Å². The molecule has 0 N–H and O–H groups in total. The monoisotopic (exact) mass is 448 g/mol. The van der Waals surface area contributed by atoms with Crippen molar-refractivity contribution in [2.45, 2.75) is 27.0 Å². The van der Waals surface area contributed by atoms with Crippen LogP contribution in [0.5, 0.6) is 5.75 Å². The molecule has 1 aliphatic heterocycles. The standard InChI is InChI=1S/C27H29ClN2O2/c1-20-4-3-5-23(16-20)18-29-12-14-30(15-13-29)27(31)24-9-7-22(8-10-24)19-32-26-17-21(2)6-11-25(26)28/h3-11,16-17H,12-15,18-19H2,1-2H3. The first-order valence-electron chi connectivity index (χ1n) is 11.0. The van der Waals surface area contributed by atoms with Gasteiger partial charge < -0.3 is 9.64 Å². The third-order valence-corrected chi connectivity index (χ3v) is 6.14. The molecule has 32 heavy (non-hydrogen) atoms. The van der Waals surface area contributed by atoms with Crippen molar-refractivity contribution in [3.63, 3.8) is 0 Å². The third-order valence-electron chi connectivity index (χ3n) is 5.83. The van der Waals surface area contributed by atoms with Gasteiger partial charge in [0.15, 0.2) is 0 Å². The van der Waals surface area contributed by atoms with Gasteiger partial charge in [0, 0.05) is 38.3 Å². The molecule has 3 aromatic rings. The molecule has 1 aliphatic rings. The van der Waals surface area contributed by atoms with E-state index in [1.807, 2.05) is 54.3 Å². The molecule has 0 atom stereocenters. The van der Waals surface area contributed by atoms with Crippen LogP contribution >= 0.6 is 11.6 Å². The molecule has 1 heterocycles. The summed E-state index contributed by atoms with van der Waals surface area (Å²) in [5.41, 5.74) is 5.43. The van der Waals surface area contributed by atoms with Crippen LogP contribution in [0.4, 0.5) is 0 Å². The molecular weight excluding hydrogens is 420 g/mol. The minimum absolute atomic E-state index is 0.0920. The molecule has 0 aromatic heterocycles. The van der Waals surface area contributed by atoms with E-state index < -0.39 is 0 Å². The van der Waals surface area contributed by atoms with Crippen LogP contribution in [0.3, 0.4) is 0 Å². The minimum atomic E-state index is 0.0920. The molecular formula is C27H29ClN2O2. The lowest BCUT2D eigenvalue weighted by Crippen LogP contribution is -2.48. The van der Waals surface area contributed by atoms with E-state index in [0.29, 0.717) is 17.4 Å². The number of carbonyl (C=O) groups excluding carboxylic acids is 1. The Balaban J connectivity index is 1.29. The summed E-state index contributed by atoms with van der Waals surface area (Å²) in [6, 6.07) is 22.0. The van der Waals surface area contributed by atoms with Gasteiger partial charge in [-0.2, -0.15) is 0 Å². The molecule has 0 radical (unpaired) electrons. The van der Waals surface area contributed by atoms with Gasteiger partial charge in [0.25, 0.3) is 5.91 Å². The highest BCUT2D eigenvalue weighted by Crippen LogP contribution is 2.26. The zero-order valence-electron chi connectivity index (χ0n) is 18.7. The Bertz CT molecular complexity index is 1070. The van der Waals surface area contributed by atoms with E-state index >= 15 is 0 Å². The topological polar surface area (TPSA) is 32.8 Å². The van der Waals surface area contributed by atoms with Gasteiger partial charge in [-0.1, -0.05) is 59.6 Å². The Morgan fingerprint density at radius 2 is 1.59 bits per heavy atom. The van der Waals surface area contributed by atoms with Gasteiger partial charge in [0.1, 0.15) is 12.4 Å². The number of aryl methyl sites for hydroxylation is 2. The summed E-state index contributed by atoms with van der Waals surface area (Å²) in [4.78, 5) is 17.3. The van der Waals surface area contributed by atoms with Crippen LogP contribution in [0.2, 0.25) is 5.02 Å². The first-order valence-corrected chi connectivity index (χ1v) is 11.4. The Morgan fingerprint density at radius 1 is 0.875 bits per heavy atom. The van der Waals surface area contributed by atoms with Crippen molar-refractivity contribution in [3.8, 4) is 5.75 Å². The predicted octanol–water partition coefficient (Wildman–Crippen LogP) is 5.49. The van der Waals surface area contributed by atoms with Gasteiger partial charge in [0.2, 0.25) is 0 Å².